The highest BCUT2D eigenvalue weighted by Crippen LogP contribution is 2.31. The molecule has 2 saturated heterocycles. The van der Waals surface area contributed by atoms with Gasteiger partial charge in [0, 0.05) is 17.3 Å². The largest absolute Gasteiger partial charge is 0.455 e. The molecule has 0 spiro atoms. The van der Waals surface area contributed by atoms with Gasteiger partial charge < -0.3 is 20.3 Å². The molecule has 45 heavy (non-hydrogen) atoms. The first-order chi connectivity index (χ1) is 21.3. The first kappa shape index (κ1) is 34.3. The number of piperidine rings is 1. The van der Waals surface area contributed by atoms with E-state index < -0.39 is 41.5 Å². The minimum Gasteiger partial charge on any atom is -0.455 e. The van der Waals surface area contributed by atoms with Crippen molar-refractivity contribution in [2.75, 3.05) is 26.2 Å². The van der Waals surface area contributed by atoms with E-state index in [4.69, 9.17) is 4.74 Å². The van der Waals surface area contributed by atoms with Crippen molar-refractivity contribution in [3.05, 3.63) is 41.6 Å². The quantitative estimate of drug-likeness (QED) is 0.344. The Balaban J connectivity index is 1.31. The SMILES string of the molecule is CCN1CCC(C)(C(=O)N[C@H](C(=O)N[C@@H](C)C(=O)N2CCC[C@@H](C(=O)O[C@H](C)c3ccc4ccc(C)cc4n3)N2)C(C)C)CC1. The first-order valence-corrected chi connectivity index (χ1v) is 16.3. The van der Waals surface area contributed by atoms with Gasteiger partial charge in [-0.3, -0.25) is 24.2 Å². The smallest absolute Gasteiger partial charge is 0.325 e. The summed E-state index contributed by atoms with van der Waals surface area (Å²) in [5.41, 5.74) is 5.05. The number of hydrogen-bond donors (Lipinski definition) is 3. The zero-order valence-electron chi connectivity index (χ0n) is 27.8. The maximum Gasteiger partial charge on any atom is 0.325 e. The van der Waals surface area contributed by atoms with Gasteiger partial charge in [0.05, 0.1) is 11.2 Å². The van der Waals surface area contributed by atoms with E-state index in [-0.39, 0.29) is 17.7 Å². The number of aromatic nitrogens is 1. The molecule has 0 unspecified atom stereocenters. The molecule has 0 bridgehead atoms. The Kier molecular flexibility index (Phi) is 11.2. The molecule has 0 saturated carbocycles. The van der Waals surface area contributed by atoms with E-state index in [0.29, 0.717) is 25.1 Å². The highest BCUT2D eigenvalue weighted by molar-refractivity contribution is 5.93. The summed E-state index contributed by atoms with van der Waals surface area (Å²) >= 11 is 0. The zero-order chi connectivity index (χ0) is 32.9. The number of fused-ring (bicyclic) bond motifs is 1. The fourth-order valence-corrected chi connectivity index (χ4v) is 5.94. The number of rotatable bonds is 10. The highest BCUT2D eigenvalue weighted by atomic mass is 16.5. The van der Waals surface area contributed by atoms with Crippen molar-refractivity contribution in [2.45, 2.75) is 98.4 Å². The molecule has 4 atom stereocenters. The number of ether oxygens (including phenoxy) is 1. The Labute approximate surface area is 266 Å². The number of carbonyl (C=O) groups excluding carboxylic acids is 4. The average molecular weight is 623 g/mol. The summed E-state index contributed by atoms with van der Waals surface area (Å²) in [7, 11) is 0. The van der Waals surface area contributed by atoms with E-state index in [1.54, 1.807) is 13.8 Å². The number of pyridine rings is 1. The summed E-state index contributed by atoms with van der Waals surface area (Å²) in [6.07, 6.45) is 2.00. The molecule has 1 aromatic carbocycles. The molecule has 3 N–H and O–H groups in total. The summed E-state index contributed by atoms with van der Waals surface area (Å²) in [6.45, 7) is 16.3. The van der Waals surface area contributed by atoms with Crippen LogP contribution in [0.2, 0.25) is 0 Å². The highest BCUT2D eigenvalue weighted by Gasteiger charge is 2.39. The van der Waals surface area contributed by atoms with Crippen LogP contribution in [0.15, 0.2) is 30.3 Å². The van der Waals surface area contributed by atoms with E-state index in [2.05, 4.69) is 32.9 Å². The van der Waals surface area contributed by atoms with Crippen molar-refractivity contribution in [2.24, 2.45) is 11.3 Å². The van der Waals surface area contributed by atoms with Gasteiger partial charge in [-0.1, -0.05) is 45.9 Å². The van der Waals surface area contributed by atoms with Crippen LogP contribution >= 0.6 is 0 Å². The molecule has 4 rings (SSSR count). The lowest BCUT2D eigenvalue weighted by Crippen LogP contribution is -2.61. The van der Waals surface area contributed by atoms with E-state index in [1.165, 1.54) is 5.01 Å². The number of hydrazine groups is 1. The van der Waals surface area contributed by atoms with E-state index in [1.807, 2.05) is 58.0 Å². The fraction of sp³-hybridized carbons (Fsp3) is 0.618. The van der Waals surface area contributed by atoms with Crippen molar-refractivity contribution in [3.63, 3.8) is 0 Å². The molecule has 11 heteroatoms. The third-order valence-electron chi connectivity index (χ3n) is 9.24. The van der Waals surface area contributed by atoms with Crippen LogP contribution in [0, 0.1) is 18.3 Å². The van der Waals surface area contributed by atoms with Crippen molar-refractivity contribution >= 4 is 34.6 Å². The summed E-state index contributed by atoms with van der Waals surface area (Å²) < 4.78 is 5.76. The summed E-state index contributed by atoms with van der Waals surface area (Å²) in [5, 5.41) is 8.16. The van der Waals surface area contributed by atoms with Crippen LogP contribution in [0.1, 0.15) is 84.6 Å². The second-order valence-corrected chi connectivity index (χ2v) is 13.2. The van der Waals surface area contributed by atoms with Gasteiger partial charge in [-0.2, -0.15) is 0 Å². The summed E-state index contributed by atoms with van der Waals surface area (Å²) in [5.74, 6) is -1.55. The van der Waals surface area contributed by atoms with Gasteiger partial charge in [0.2, 0.25) is 11.8 Å². The Morgan fingerprint density at radius 1 is 1.04 bits per heavy atom. The van der Waals surface area contributed by atoms with E-state index in [0.717, 1.165) is 48.9 Å². The Bertz CT molecular complexity index is 1390. The molecular formula is C34H50N6O5. The van der Waals surface area contributed by atoms with Crippen LogP contribution in [-0.2, 0) is 23.9 Å². The maximum absolute atomic E-state index is 13.4. The monoisotopic (exact) mass is 622 g/mol. The summed E-state index contributed by atoms with van der Waals surface area (Å²) in [6, 6.07) is 7.49. The van der Waals surface area contributed by atoms with Gasteiger partial charge in [0.25, 0.3) is 5.91 Å². The Morgan fingerprint density at radius 2 is 1.73 bits per heavy atom. The molecule has 0 aliphatic carbocycles. The van der Waals surface area contributed by atoms with Crippen LogP contribution in [0.4, 0.5) is 0 Å². The molecule has 1 aromatic heterocycles. The predicted molar refractivity (Wildman–Crippen MR) is 173 cm³/mol. The van der Waals surface area contributed by atoms with Gasteiger partial charge in [-0.25, -0.2) is 10.4 Å². The van der Waals surface area contributed by atoms with Crippen molar-refractivity contribution in [1.29, 1.82) is 0 Å². The predicted octanol–water partition coefficient (Wildman–Crippen LogP) is 3.41. The number of esters is 1. The number of carbonyl (C=O) groups is 4. The van der Waals surface area contributed by atoms with Crippen LogP contribution in [0.5, 0.6) is 0 Å². The van der Waals surface area contributed by atoms with Gasteiger partial charge in [0.1, 0.15) is 24.2 Å². The molecule has 11 nitrogen and oxygen atoms in total. The van der Waals surface area contributed by atoms with E-state index >= 15 is 0 Å². The van der Waals surface area contributed by atoms with Crippen LogP contribution in [0.25, 0.3) is 10.9 Å². The van der Waals surface area contributed by atoms with Crippen LogP contribution < -0.4 is 16.1 Å². The van der Waals surface area contributed by atoms with Crippen LogP contribution in [-0.4, -0.2) is 82.9 Å². The minimum atomic E-state index is -0.870. The molecule has 2 aromatic rings. The standard InChI is InChI=1S/C34H50N6O5/c1-8-39-18-15-34(7,16-19-39)33(44)37-29(21(2)3)30(41)35-23(5)31(42)40-17-9-10-27(38-40)32(43)45-24(6)26-14-13-25-12-11-22(4)20-28(25)36-26/h11-14,20-21,23-24,27,29,38H,8-10,15-19H2,1-7H3,(H,35,41)(H,37,44)/t23-,24+,27-,29-/m0/s1. The number of amides is 3. The van der Waals surface area contributed by atoms with E-state index in [9.17, 15) is 19.2 Å². The number of hydrogen-bond acceptors (Lipinski definition) is 8. The van der Waals surface area contributed by atoms with Crippen molar-refractivity contribution in [1.82, 2.24) is 31.0 Å². The molecule has 2 aliphatic heterocycles. The number of nitrogens with zero attached hydrogens (tertiary/aromatic N) is 3. The van der Waals surface area contributed by atoms with Gasteiger partial charge in [-0.15, -0.1) is 0 Å². The van der Waals surface area contributed by atoms with Crippen LogP contribution in [0.3, 0.4) is 0 Å². The third-order valence-corrected chi connectivity index (χ3v) is 9.24. The lowest BCUT2D eigenvalue weighted by atomic mass is 9.79. The Hall–Kier alpha value is -3.57. The molecule has 3 heterocycles. The topological polar surface area (TPSA) is 133 Å². The van der Waals surface area contributed by atoms with Crippen molar-refractivity contribution in [3.8, 4) is 0 Å². The molecular weight excluding hydrogens is 572 g/mol. The second kappa shape index (κ2) is 14.7. The summed E-state index contributed by atoms with van der Waals surface area (Å²) in [4.78, 5) is 60.1. The van der Waals surface area contributed by atoms with Gasteiger partial charge >= 0.3 is 5.97 Å². The first-order valence-electron chi connectivity index (χ1n) is 16.3. The number of nitrogens with one attached hydrogen (secondary N) is 3. The second-order valence-electron chi connectivity index (χ2n) is 13.2. The molecule has 0 radical (unpaired) electrons. The van der Waals surface area contributed by atoms with Crippen molar-refractivity contribution < 1.29 is 23.9 Å². The molecule has 2 fully saturated rings. The number of aryl methyl sites for hydroxylation is 1. The number of likely N-dealkylation sites (tertiary alicyclic amines) is 1. The lowest BCUT2D eigenvalue weighted by Gasteiger charge is -2.39. The maximum atomic E-state index is 13.4. The molecule has 2 aliphatic rings. The molecule has 3 amide bonds. The molecule has 246 valence electrons. The zero-order valence-corrected chi connectivity index (χ0v) is 27.8. The number of benzene rings is 1. The van der Waals surface area contributed by atoms with Gasteiger partial charge in [-0.05, 0) is 89.7 Å². The van der Waals surface area contributed by atoms with Gasteiger partial charge in [0.15, 0.2) is 0 Å². The minimum absolute atomic E-state index is 0.131. The average Bonchev–Trinajstić information content (AvgIpc) is 3.02. The Morgan fingerprint density at radius 3 is 2.40 bits per heavy atom. The third kappa shape index (κ3) is 8.38. The fourth-order valence-electron chi connectivity index (χ4n) is 5.94. The lowest BCUT2D eigenvalue weighted by molar-refractivity contribution is -0.157. The normalized spacial score (nSPS) is 20.7.